The molecule has 15 heteroatoms. The number of benzene rings is 5. The minimum Gasteiger partial charge on any atom is -0.375 e. The maximum Gasteiger partial charge on any atom is 0.0683 e. The van der Waals surface area contributed by atoms with E-state index in [1.807, 2.05) is 0 Å². The van der Waals surface area contributed by atoms with Crippen LogP contribution in [0, 0.1) is 0 Å². The van der Waals surface area contributed by atoms with Crippen LogP contribution in [0.4, 0.5) is 23.5 Å². The number of ether oxygens (including phenoxy) is 5. The summed E-state index contributed by atoms with van der Waals surface area (Å²) in [6.45, 7) is 16.2. The van der Waals surface area contributed by atoms with Gasteiger partial charge in [-0.05, 0) is 340 Å². The minimum absolute atomic E-state index is 0. The van der Waals surface area contributed by atoms with Crippen molar-refractivity contribution in [3.63, 3.8) is 0 Å². The molecule has 15 fully saturated rings. The van der Waals surface area contributed by atoms with Crippen molar-refractivity contribution in [3.05, 3.63) is 149 Å². The van der Waals surface area contributed by atoms with Gasteiger partial charge in [0.15, 0.2) is 0 Å². The van der Waals surface area contributed by atoms with Crippen LogP contribution in [0.3, 0.4) is 0 Å². The van der Waals surface area contributed by atoms with Gasteiger partial charge in [-0.2, -0.15) is 0 Å². The van der Waals surface area contributed by atoms with E-state index in [1.165, 1.54) is 381 Å². The molecular weight excluding hydrogens is 1600 g/mol. The standard InChI is InChI=1S/5C21H31OS.5FH/c5*1-2-3-4-5-6-17-22-21-14-11-20(12-15-21,13-16-21)18-7-9-19(23)10-8-18;;;;;/h5*7-10H,2-6,11-17H2,1H3;5*1H. The van der Waals surface area contributed by atoms with Gasteiger partial charge in [0.25, 0.3) is 0 Å². The molecule has 0 amide bonds. The summed E-state index contributed by atoms with van der Waals surface area (Å²) in [5, 5.41) is 0. The van der Waals surface area contributed by atoms with E-state index >= 15 is 0 Å². The molecule has 5 nitrogen and oxygen atoms in total. The van der Waals surface area contributed by atoms with Crippen LogP contribution < -0.4 is 0 Å². The summed E-state index contributed by atoms with van der Waals surface area (Å²) in [4.78, 5) is 4.78. The maximum atomic E-state index is 6.42. The van der Waals surface area contributed by atoms with Gasteiger partial charge in [-0.25, -0.2) is 0 Å². The van der Waals surface area contributed by atoms with Crippen LogP contribution in [0.1, 0.15) is 416 Å². The number of rotatable bonds is 40. The first-order chi connectivity index (χ1) is 55.9. The molecule has 20 rings (SSSR count). The van der Waals surface area contributed by atoms with Crippen molar-refractivity contribution in [1.82, 2.24) is 0 Å². The topological polar surface area (TPSA) is 46.2 Å². The van der Waals surface area contributed by atoms with E-state index in [0.717, 1.165) is 57.5 Å². The maximum absolute atomic E-state index is 6.42. The van der Waals surface area contributed by atoms with Gasteiger partial charge in [-0.15, -0.1) is 0 Å². The van der Waals surface area contributed by atoms with Gasteiger partial charge in [0.1, 0.15) is 0 Å². The Kier molecular flexibility index (Phi) is 45.3. The predicted octanol–water partition coefficient (Wildman–Crippen LogP) is 33.6. The molecule has 0 N–H and O–H groups in total. The van der Waals surface area contributed by atoms with Gasteiger partial charge in [-0.1, -0.05) is 287 Å². The molecule has 0 atom stereocenters. The van der Waals surface area contributed by atoms with Gasteiger partial charge in [-0.3, -0.25) is 23.5 Å². The zero-order valence-corrected chi connectivity index (χ0v) is 79.2. The molecule has 0 aliphatic heterocycles. The predicted molar refractivity (Wildman–Crippen MR) is 508 cm³/mol. The fourth-order valence-corrected chi connectivity index (χ4v) is 23.7. The highest BCUT2D eigenvalue weighted by Gasteiger charge is 2.55. The third kappa shape index (κ3) is 28.8. The first-order valence-electron chi connectivity index (χ1n) is 48.0. The molecule has 0 heterocycles. The third-order valence-electron chi connectivity index (χ3n) is 31.5. The van der Waals surface area contributed by atoms with E-state index in [0.29, 0.717) is 27.1 Å². The Bertz CT molecular complexity index is 2920. The Hall–Kier alpha value is -3.35. The molecule has 0 unspecified atom stereocenters. The van der Waals surface area contributed by atoms with Gasteiger partial charge in [0, 0.05) is 57.5 Å². The van der Waals surface area contributed by atoms with E-state index in [-0.39, 0.29) is 51.5 Å². The Morgan fingerprint density at radius 1 is 0.175 bits per heavy atom. The monoisotopic (exact) mass is 1760 g/mol. The van der Waals surface area contributed by atoms with Crippen molar-refractivity contribution in [2.45, 2.75) is 467 Å². The lowest BCUT2D eigenvalue weighted by molar-refractivity contribution is -0.119. The summed E-state index contributed by atoms with van der Waals surface area (Å²) in [7, 11) is 0. The molecule has 15 aliphatic rings. The Morgan fingerprint density at radius 2 is 0.292 bits per heavy atom. The molecule has 0 spiro atoms. The molecule has 5 radical (unpaired) electrons. The van der Waals surface area contributed by atoms with Crippen LogP contribution in [-0.2, 0) is 50.8 Å². The number of hydrogen-bond donors (Lipinski definition) is 0. The summed E-state index contributed by atoms with van der Waals surface area (Å²) >= 11 is 26.2. The van der Waals surface area contributed by atoms with Crippen LogP contribution in [0.2, 0.25) is 0 Å². The fourth-order valence-electron chi connectivity index (χ4n) is 23.0. The Morgan fingerprint density at radius 3 is 0.408 bits per heavy atom. The van der Waals surface area contributed by atoms with Crippen LogP contribution >= 0.6 is 63.1 Å². The molecule has 10 bridgehead atoms. The number of unbranched alkanes of at least 4 members (excludes halogenated alkanes) is 20. The van der Waals surface area contributed by atoms with E-state index in [4.69, 9.17) is 86.8 Å². The van der Waals surface area contributed by atoms with Gasteiger partial charge < -0.3 is 23.7 Å². The third-order valence-corrected chi connectivity index (χ3v) is 32.9. The summed E-state index contributed by atoms with van der Waals surface area (Å²) in [6, 6.07) is 43.7. The number of hydrogen-bond acceptors (Lipinski definition) is 5. The molecule has 5 aromatic carbocycles. The quantitative estimate of drug-likeness (QED) is 0.0289. The zero-order valence-electron chi connectivity index (χ0n) is 75.1. The summed E-state index contributed by atoms with van der Waals surface area (Å²) < 4.78 is 32.1. The average Bonchev–Trinajstić information content (AvgIpc) is 0.776. The highest BCUT2D eigenvalue weighted by Crippen LogP contribution is 2.60. The second kappa shape index (κ2) is 51.6. The number of halogens is 5. The Labute approximate surface area is 754 Å². The van der Waals surface area contributed by atoms with Crippen molar-refractivity contribution in [2.24, 2.45) is 0 Å². The Balaban J connectivity index is 0.000000230. The minimum atomic E-state index is 0. The molecule has 15 aliphatic carbocycles. The molecule has 5 aromatic rings. The average molecular weight is 1760 g/mol. The van der Waals surface area contributed by atoms with Gasteiger partial charge >= 0.3 is 0 Å². The highest BCUT2D eigenvalue weighted by atomic mass is 32.1. The largest absolute Gasteiger partial charge is 0.375 e. The molecule has 675 valence electrons. The molecule has 0 saturated heterocycles. The first-order valence-corrected chi connectivity index (χ1v) is 50.0. The number of fused-ring (bicyclic) bond motifs is 15. The van der Waals surface area contributed by atoms with Crippen molar-refractivity contribution < 1.29 is 47.2 Å². The molecule has 120 heavy (non-hydrogen) atoms. The van der Waals surface area contributed by atoms with E-state index in [9.17, 15) is 0 Å². The van der Waals surface area contributed by atoms with E-state index in [1.54, 1.807) is 0 Å². The van der Waals surface area contributed by atoms with Gasteiger partial charge in [0.2, 0.25) is 0 Å². The van der Waals surface area contributed by atoms with Crippen LogP contribution in [0.15, 0.2) is 146 Å². The van der Waals surface area contributed by atoms with Crippen LogP contribution in [0.25, 0.3) is 0 Å². The van der Waals surface area contributed by atoms with Crippen molar-refractivity contribution in [1.29, 1.82) is 0 Å². The zero-order chi connectivity index (χ0) is 80.9. The smallest absolute Gasteiger partial charge is 0.0683 e. The summed E-state index contributed by atoms with van der Waals surface area (Å²) in [6.07, 6.45) is 71.3. The second-order valence-corrected chi connectivity index (χ2v) is 41.1. The molecular formula is C105H160F5O5S5. The summed E-state index contributed by atoms with van der Waals surface area (Å²) in [5.74, 6) is 0. The van der Waals surface area contributed by atoms with E-state index in [2.05, 4.69) is 156 Å². The fraction of sp³-hybridized carbons (Fsp3) is 0.714. The van der Waals surface area contributed by atoms with Crippen LogP contribution in [0.5, 0.6) is 0 Å². The SMILES string of the molecule is CCCCCCCOC12CCC(c3ccc([S])cc3)(CC1)CC2.CCCCCCCOC12CCC(c3ccc([S])cc3)(CC1)CC2.CCCCCCCOC12CCC(c3ccc([S])cc3)(CC1)CC2.CCCCCCCOC12CCC(c3ccc([S])cc3)(CC1)CC2.CCCCCCCOC12CCC(c3ccc([S])cc3)(CC1)CC2.F.F.F.F.F. The van der Waals surface area contributed by atoms with Crippen LogP contribution in [-0.4, -0.2) is 61.0 Å². The molecule has 15 saturated carbocycles. The van der Waals surface area contributed by atoms with E-state index < -0.39 is 0 Å². The van der Waals surface area contributed by atoms with Crippen molar-refractivity contribution >= 4 is 63.1 Å². The van der Waals surface area contributed by atoms with Crippen molar-refractivity contribution in [2.75, 3.05) is 33.0 Å². The lowest BCUT2D eigenvalue weighted by Gasteiger charge is -2.53. The second-order valence-electron chi connectivity index (χ2n) is 38.8. The normalized spacial score (nSPS) is 28.5. The lowest BCUT2D eigenvalue weighted by atomic mass is 9.56. The lowest BCUT2D eigenvalue weighted by Crippen LogP contribution is -2.49. The van der Waals surface area contributed by atoms with Gasteiger partial charge in [0.05, 0.1) is 28.0 Å². The van der Waals surface area contributed by atoms with Crippen molar-refractivity contribution in [3.8, 4) is 0 Å². The first kappa shape index (κ1) is 105. The summed E-state index contributed by atoms with van der Waals surface area (Å²) in [5.41, 5.74) is 10.7. The highest BCUT2D eigenvalue weighted by molar-refractivity contribution is 7.81. The molecule has 0 aromatic heterocycles.